The predicted octanol–water partition coefficient (Wildman–Crippen LogP) is 3.91. The van der Waals surface area contributed by atoms with Crippen LogP contribution in [-0.2, 0) is 22.5 Å². The first-order valence-corrected chi connectivity index (χ1v) is 11.2. The number of nitrogens with one attached hydrogen (secondary N) is 1. The van der Waals surface area contributed by atoms with E-state index in [1.807, 2.05) is 26.0 Å². The summed E-state index contributed by atoms with van der Waals surface area (Å²) in [6.07, 6.45) is 3.80. The number of nitrogens with zero attached hydrogens (tertiary/aromatic N) is 2. The number of hydrogen-bond donors (Lipinski definition) is 1. The van der Waals surface area contributed by atoms with Crippen LogP contribution in [0.1, 0.15) is 51.4 Å². The van der Waals surface area contributed by atoms with Crippen molar-refractivity contribution in [1.29, 1.82) is 0 Å². The van der Waals surface area contributed by atoms with E-state index in [9.17, 15) is 14.4 Å². The van der Waals surface area contributed by atoms with Crippen LogP contribution in [-0.4, -0.2) is 28.0 Å². The van der Waals surface area contributed by atoms with Gasteiger partial charge in [0.25, 0.3) is 11.5 Å². The van der Waals surface area contributed by atoms with Crippen LogP contribution in [0, 0.1) is 20.8 Å². The molecule has 0 aliphatic carbocycles. The highest BCUT2D eigenvalue weighted by molar-refractivity contribution is 7.20. The van der Waals surface area contributed by atoms with Crippen LogP contribution in [0.3, 0.4) is 0 Å². The van der Waals surface area contributed by atoms with Crippen LogP contribution in [0.2, 0.25) is 0 Å². The lowest BCUT2D eigenvalue weighted by Gasteiger charge is -2.08. The summed E-state index contributed by atoms with van der Waals surface area (Å²) < 4.78 is 6.97. The molecule has 162 valence electrons. The number of rotatable bonds is 4. The Hall–Kier alpha value is -3.00. The maximum absolute atomic E-state index is 13.0. The van der Waals surface area contributed by atoms with Crippen molar-refractivity contribution < 1.29 is 14.3 Å². The van der Waals surface area contributed by atoms with Crippen molar-refractivity contribution >= 4 is 39.1 Å². The summed E-state index contributed by atoms with van der Waals surface area (Å²) in [5.41, 5.74) is 3.32. The van der Waals surface area contributed by atoms with Gasteiger partial charge in [-0.25, -0.2) is 9.78 Å². The molecule has 0 unspecified atom stereocenters. The third-order valence-corrected chi connectivity index (χ3v) is 6.89. The number of aryl methyl sites for hydroxylation is 4. The number of amides is 1. The Bertz CT molecular complexity index is 1240. The first kappa shape index (κ1) is 21.2. The molecule has 1 aliphatic rings. The fourth-order valence-electron chi connectivity index (χ4n) is 3.82. The minimum Gasteiger partial charge on any atom is -0.451 e. The lowest BCUT2D eigenvalue weighted by molar-refractivity contribution is -0.119. The molecular formula is C23H25N3O4S. The summed E-state index contributed by atoms with van der Waals surface area (Å²) in [4.78, 5) is 43.4. The lowest BCUT2D eigenvalue weighted by Crippen LogP contribution is -2.24. The number of carbonyl (C=O) groups is 2. The minimum atomic E-state index is -0.615. The van der Waals surface area contributed by atoms with Gasteiger partial charge in [-0.1, -0.05) is 12.5 Å². The standard InChI is InChI=1S/C23H25N3O4S/c1-13-8-9-16(11-14(13)2)24-18(27)12-30-23(29)20-15(3)19-21(31-20)25-17-7-5-4-6-10-26(17)22(19)28/h8-9,11H,4-7,10,12H2,1-3H3,(H,24,27). The van der Waals surface area contributed by atoms with E-state index in [4.69, 9.17) is 4.74 Å². The van der Waals surface area contributed by atoms with E-state index in [1.165, 1.54) is 0 Å². The fourth-order valence-corrected chi connectivity index (χ4v) is 4.90. The summed E-state index contributed by atoms with van der Waals surface area (Å²) >= 11 is 1.15. The highest BCUT2D eigenvalue weighted by atomic mass is 32.1. The second kappa shape index (κ2) is 8.63. The number of aromatic nitrogens is 2. The van der Waals surface area contributed by atoms with Crippen molar-refractivity contribution in [2.24, 2.45) is 0 Å². The maximum atomic E-state index is 13.0. The monoisotopic (exact) mass is 439 g/mol. The molecule has 0 bridgehead atoms. The second-order valence-electron chi connectivity index (χ2n) is 7.96. The Morgan fingerprint density at radius 2 is 1.97 bits per heavy atom. The van der Waals surface area contributed by atoms with E-state index in [0.29, 0.717) is 32.9 Å². The number of benzene rings is 1. The fraction of sp³-hybridized carbons (Fsp3) is 0.391. The Labute approximate surface area is 184 Å². The Kier molecular flexibility index (Phi) is 5.91. The summed E-state index contributed by atoms with van der Waals surface area (Å²) in [6, 6.07) is 5.60. The average molecular weight is 440 g/mol. The van der Waals surface area contributed by atoms with Gasteiger partial charge in [0.15, 0.2) is 6.61 Å². The third kappa shape index (κ3) is 4.25. The van der Waals surface area contributed by atoms with Gasteiger partial charge in [-0.2, -0.15) is 0 Å². The Morgan fingerprint density at radius 3 is 2.74 bits per heavy atom. The molecule has 2 aromatic heterocycles. The van der Waals surface area contributed by atoms with Crippen LogP contribution >= 0.6 is 11.3 Å². The van der Waals surface area contributed by atoms with Gasteiger partial charge in [0.2, 0.25) is 0 Å². The van der Waals surface area contributed by atoms with Crippen LogP contribution in [0.15, 0.2) is 23.0 Å². The zero-order chi connectivity index (χ0) is 22.1. The normalized spacial score (nSPS) is 13.5. The third-order valence-electron chi connectivity index (χ3n) is 5.72. The van der Waals surface area contributed by atoms with Crippen LogP contribution in [0.25, 0.3) is 10.2 Å². The van der Waals surface area contributed by atoms with Crippen molar-refractivity contribution in [3.8, 4) is 0 Å². The maximum Gasteiger partial charge on any atom is 0.349 e. The van der Waals surface area contributed by atoms with E-state index in [1.54, 1.807) is 17.6 Å². The molecule has 0 saturated carbocycles. The number of esters is 1. The number of hydrogen-bond acceptors (Lipinski definition) is 6. The molecule has 1 aromatic carbocycles. The summed E-state index contributed by atoms with van der Waals surface area (Å²) in [5.74, 6) is -0.250. The molecule has 1 amide bonds. The molecule has 4 rings (SSSR count). The van der Waals surface area contributed by atoms with Crippen LogP contribution in [0.5, 0.6) is 0 Å². The number of carbonyl (C=O) groups excluding carboxylic acids is 2. The van der Waals surface area contributed by atoms with Crippen LogP contribution < -0.4 is 10.9 Å². The predicted molar refractivity (Wildman–Crippen MR) is 121 cm³/mol. The SMILES string of the molecule is Cc1ccc(NC(=O)COC(=O)c2sc3nc4n(c(=O)c3c2C)CCCCC4)cc1C. The van der Waals surface area contributed by atoms with Crippen molar-refractivity contribution in [3.05, 3.63) is 55.9 Å². The molecule has 3 aromatic rings. The molecule has 0 atom stereocenters. The smallest absolute Gasteiger partial charge is 0.349 e. The molecule has 0 saturated heterocycles. The first-order valence-electron chi connectivity index (χ1n) is 10.4. The molecular weight excluding hydrogens is 414 g/mol. The summed E-state index contributed by atoms with van der Waals surface area (Å²) in [7, 11) is 0. The van der Waals surface area contributed by atoms with Crippen LogP contribution in [0.4, 0.5) is 5.69 Å². The molecule has 0 fully saturated rings. The zero-order valence-electron chi connectivity index (χ0n) is 17.9. The minimum absolute atomic E-state index is 0.0952. The summed E-state index contributed by atoms with van der Waals surface area (Å²) in [6.45, 7) is 5.95. The molecule has 31 heavy (non-hydrogen) atoms. The van der Waals surface area contributed by atoms with Gasteiger partial charge in [0.1, 0.15) is 15.5 Å². The van der Waals surface area contributed by atoms with Crippen molar-refractivity contribution in [1.82, 2.24) is 9.55 Å². The van der Waals surface area contributed by atoms with E-state index in [-0.39, 0.29) is 5.56 Å². The molecule has 7 nitrogen and oxygen atoms in total. The average Bonchev–Trinajstić information content (AvgIpc) is 2.90. The van der Waals surface area contributed by atoms with Crippen molar-refractivity contribution in [2.75, 3.05) is 11.9 Å². The van der Waals surface area contributed by atoms with E-state index >= 15 is 0 Å². The Balaban J connectivity index is 1.50. The number of fused-ring (bicyclic) bond motifs is 2. The van der Waals surface area contributed by atoms with Crippen molar-refractivity contribution in [2.45, 2.75) is 53.0 Å². The molecule has 1 aliphatic heterocycles. The zero-order valence-corrected chi connectivity index (χ0v) is 18.7. The highest BCUT2D eigenvalue weighted by Crippen LogP contribution is 2.29. The number of ether oxygens (including phenoxy) is 1. The van der Waals surface area contributed by atoms with Gasteiger partial charge in [-0.05, 0) is 62.4 Å². The lowest BCUT2D eigenvalue weighted by atomic mass is 10.1. The molecule has 8 heteroatoms. The van der Waals surface area contributed by atoms with E-state index in [2.05, 4.69) is 10.3 Å². The quantitative estimate of drug-likeness (QED) is 0.623. The van der Waals surface area contributed by atoms with Gasteiger partial charge < -0.3 is 10.1 Å². The number of thiophene rings is 1. The van der Waals surface area contributed by atoms with Gasteiger partial charge in [0, 0.05) is 18.7 Å². The molecule has 3 heterocycles. The van der Waals surface area contributed by atoms with Gasteiger partial charge in [0.05, 0.1) is 5.39 Å². The topological polar surface area (TPSA) is 90.3 Å². The molecule has 0 spiro atoms. The highest BCUT2D eigenvalue weighted by Gasteiger charge is 2.23. The second-order valence-corrected chi connectivity index (χ2v) is 8.95. The first-order chi connectivity index (χ1) is 14.8. The van der Waals surface area contributed by atoms with Gasteiger partial charge in [-0.15, -0.1) is 11.3 Å². The van der Waals surface area contributed by atoms with Crippen molar-refractivity contribution in [3.63, 3.8) is 0 Å². The van der Waals surface area contributed by atoms with E-state index < -0.39 is 18.5 Å². The van der Waals surface area contributed by atoms with Gasteiger partial charge >= 0.3 is 5.97 Å². The number of anilines is 1. The van der Waals surface area contributed by atoms with E-state index in [0.717, 1.165) is 54.0 Å². The molecule has 0 radical (unpaired) electrons. The largest absolute Gasteiger partial charge is 0.451 e. The Morgan fingerprint density at radius 1 is 1.16 bits per heavy atom. The summed E-state index contributed by atoms with van der Waals surface area (Å²) in [5, 5.41) is 3.21. The molecule has 1 N–H and O–H groups in total. The van der Waals surface area contributed by atoms with Gasteiger partial charge in [-0.3, -0.25) is 14.2 Å².